The van der Waals surface area contributed by atoms with Crippen LogP contribution in [0.15, 0.2) is 47.3 Å². The van der Waals surface area contributed by atoms with Gasteiger partial charge in [-0.15, -0.1) is 5.10 Å². The molecular formula is C28H32ClN7O2. The molecule has 2 fully saturated rings. The van der Waals surface area contributed by atoms with Crippen molar-refractivity contribution in [2.75, 3.05) is 37.7 Å². The molecule has 0 spiro atoms. The number of nitrogens with one attached hydrogen (secondary N) is 1. The van der Waals surface area contributed by atoms with Crippen molar-refractivity contribution in [3.05, 3.63) is 80.4 Å². The molecule has 2 aromatic carbocycles. The first-order valence-electron chi connectivity index (χ1n) is 13.2. The summed E-state index contributed by atoms with van der Waals surface area (Å²) in [6, 6.07) is 13.7. The molecule has 2 unspecified atom stereocenters. The fourth-order valence-corrected chi connectivity index (χ4v) is 5.87. The molecule has 2 aliphatic heterocycles. The number of nitrogens with zero attached hydrogens (tertiary/aromatic N) is 6. The van der Waals surface area contributed by atoms with Crippen molar-refractivity contribution in [2.24, 2.45) is 0 Å². The highest BCUT2D eigenvalue weighted by atomic mass is 35.5. The Morgan fingerprint density at radius 2 is 1.95 bits per heavy atom. The second-order valence-corrected chi connectivity index (χ2v) is 10.8. The Morgan fingerprint density at radius 1 is 1.11 bits per heavy atom. The Balaban J connectivity index is 1.37. The zero-order chi connectivity index (χ0) is 26.2. The van der Waals surface area contributed by atoms with E-state index in [1.165, 1.54) is 5.56 Å². The van der Waals surface area contributed by atoms with Gasteiger partial charge in [-0.25, -0.2) is 4.68 Å². The van der Waals surface area contributed by atoms with E-state index in [9.17, 15) is 4.79 Å². The number of piperazine rings is 1. The monoisotopic (exact) mass is 533 g/mol. The van der Waals surface area contributed by atoms with Gasteiger partial charge in [-0.3, -0.25) is 9.69 Å². The summed E-state index contributed by atoms with van der Waals surface area (Å²) in [6.07, 6.45) is 2.11. The maximum absolute atomic E-state index is 13.5. The number of aryl methyl sites for hydroxylation is 2. The molecule has 10 heteroatoms. The second-order valence-electron chi connectivity index (χ2n) is 10.4. The van der Waals surface area contributed by atoms with E-state index in [0.29, 0.717) is 17.9 Å². The van der Waals surface area contributed by atoms with Gasteiger partial charge < -0.3 is 14.6 Å². The van der Waals surface area contributed by atoms with Crippen LogP contribution < -0.4 is 10.5 Å². The van der Waals surface area contributed by atoms with Crippen LogP contribution in [-0.2, 0) is 11.3 Å². The minimum atomic E-state index is -0.386. The Kier molecular flexibility index (Phi) is 6.90. The summed E-state index contributed by atoms with van der Waals surface area (Å²) < 4.78 is 7.70. The van der Waals surface area contributed by atoms with E-state index in [-0.39, 0.29) is 17.7 Å². The topological polar surface area (TPSA) is 92.2 Å². The van der Waals surface area contributed by atoms with Crippen LogP contribution in [0, 0.1) is 13.8 Å². The van der Waals surface area contributed by atoms with Gasteiger partial charge in [-0.1, -0.05) is 29.3 Å². The number of hydrogen-bond acceptors (Lipinski definition) is 7. The summed E-state index contributed by atoms with van der Waals surface area (Å²) in [4.78, 5) is 21.3. The molecule has 0 saturated carbocycles. The SMILES string of the molecule is Cc1ccc2[nH]c(=O)c(C(c3nnnn3CC3CCCO3)N3CCN(c4cc(Cl)ccc4C)CC3)cc2c1. The summed E-state index contributed by atoms with van der Waals surface area (Å²) in [7, 11) is 0. The van der Waals surface area contributed by atoms with E-state index in [1.54, 1.807) is 0 Å². The minimum Gasteiger partial charge on any atom is -0.376 e. The van der Waals surface area contributed by atoms with Crippen LogP contribution in [-0.4, -0.2) is 69.0 Å². The number of aromatic nitrogens is 5. The summed E-state index contributed by atoms with van der Waals surface area (Å²) in [5.41, 5.74) is 4.84. The van der Waals surface area contributed by atoms with E-state index in [0.717, 1.165) is 72.8 Å². The van der Waals surface area contributed by atoms with E-state index in [1.807, 2.05) is 35.0 Å². The number of benzene rings is 2. The standard InChI is InChI=1S/C28H32ClN7O2/c1-18-5-8-24-20(14-18)15-23(28(37)30-24)26(27-31-32-33-36(27)17-22-4-3-13-38-22)35-11-9-34(10-12-35)25-16-21(29)7-6-19(25)2/h5-8,14-16,22,26H,3-4,9-13,17H2,1-2H3,(H,30,37). The third-order valence-corrected chi connectivity index (χ3v) is 7.95. The molecule has 2 aliphatic rings. The van der Waals surface area contributed by atoms with Crippen LogP contribution in [0.1, 0.15) is 41.4 Å². The highest BCUT2D eigenvalue weighted by molar-refractivity contribution is 6.30. The molecule has 6 rings (SSSR count). The zero-order valence-electron chi connectivity index (χ0n) is 21.7. The largest absolute Gasteiger partial charge is 0.376 e. The highest BCUT2D eigenvalue weighted by Crippen LogP contribution is 2.31. The first kappa shape index (κ1) is 25.0. The van der Waals surface area contributed by atoms with Crippen molar-refractivity contribution >= 4 is 28.2 Å². The van der Waals surface area contributed by atoms with Gasteiger partial charge in [0.1, 0.15) is 6.04 Å². The zero-order valence-corrected chi connectivity index (χ0v) is 22.5. The number of halogens is 1. The second kappa shape index (κ2) is 10.5. The molecule has 198 valence electrons. The molecule has 1 N–H and O–H groups in total. The third kappa shape index (κ3) is 4.93. The lowest BCUT2D eigenvalue weighted by atomic mass is 10.0. The van der Waals surface area contributed by atoms with Gasteiger partial charge >= 0.3 is 0 Å². The number of fused-ring (bicyclic) bond motifs is 1. The van der Waals surface area contributed by atoms with E-state index < -0.39 is 0 Å². The average molecular weight is 534 g/mol. The predicted molar refractivity (Wildman–Crippen MR) is 148 cm³/mol. The molecule has 0 bridgehead atoms. The number of rotatable bonds is 6. The van der Waals surface area contributed by atoms with Crippen LogP contribution in [0.5, 0.6) is 0 Å². The highest BCUT2D eigenvalue weighted by Gasteiger charge is 2.33. The van der Waals surface area contributed by atoms with Gasteiger partial charge in [0.15, 0.2) is 5.82 Å². The van der Waals surface area contributed by atoms with Crippen molar-refractivity contribution < 1.29 is 4.74 Å². The van der Waals surface area contributed by atoms with Crippen LogP contribution in [0.4, 0.5) is 5.69 Å². The van der Waals surface area contributed by atoms with Gasteiger partial charge in [-0.2, -0.15) is 0 Å². The smallest absolute Gasteiger partial charge is 0.253 e. The Hall–Kier alpha value is -3.27. The van der Waals surface area contributed by atoms with Gasteiger partial charge in [0.05, 0.1) is 12.6 Å². The van der Waals surface area contributed by atoms with Gasteiger partial charge in [0.2, 0.25) is 0 Å². The van der Waals surface area contributed by atoms with Crippen molar-refractivity contribution in [1.29, 1.82) is 0 Å². The Morgan fingerprint density at radius 3 is 2.74 bits per heavy atom. The minimum absolute atomic E-state index is 0.0816. The molecule has 2 atom stereocenters. The van der Waals surface area contributed by atoms with Crippen LogP contribution in [0.3, 0.4) is 0 Å². The van der Waals surface area contributed by atoms with Gasteiger partial charge in [0.25, 0.3) is 5.56 Å². The number of H-pyrrole nitrogens is 1. The lowest BCUT2D eigenvalue weighted by Crippen LogP contribution is -2.49. The number of hydrogen-bond donors (Lipinski definition) is 1. The van der Waals surface area contributed by atoms with Crippen molar-refractivity contribution in [3.63, 3.8) is 0 Å². The molecule has 2 saturated heterocycles. The fraction of sp³-hybridized carbons (Fsp3) is 0.429. The molecule has 38 heavy (non-hydrogen) atoms. The fourth-order valence-electron chi connectivity index (χ4n) is 5.71. The number of aromatic amines is 1. The molecular weight excluding hydrogens is 502 g/mol. The van der Waals surface area contributed by atoms with Gasteiger partial charge in [-0.05, 0) is 78.4 Å². The van der Waals surface area contributed by atoms with Gasteiger partial charge in [0, 0.05) is 54.6 Å². The van der Waals surface area contributed by atoms with Crippen LogP contribution >= 0.6 is 11.6 Å². The lowest BCUT2D eigenvalue weighted by Gasteiger charge is -2.40. The molecule has 0 aliphatic carbocycles. The summed E-state index contributed by atoms with van der Waals surface area (Å²) in [5, 5.41) is 14.6. The van der Waals surface area contributed by atoms with Crippen LogP contribution in [0.2, 0.25) is 5.02 Å². The number of tetrazole rings is 1. The molecule has 0 amide bonds. The van der Waals surface area contributed by atoms with E-state index >= 15 is 0 Å². The van der Waals surface area contributed by atoms with E-state index in [4.69, 9.17) is 16.3 Å². The van der Waals surface area contributed by atoms with Crippen LogP contribution in [0.25, 0.3) is 10.9 Å². The first-order valence-corrected chi connectivity index (χ1v) is 13.6. The molecule has 4 heterocycles. The molecule has 0 radical (unpaired) electrons. The lowest BCUT2D eigenvalue weighted by molar-refractivity contribution is 0.0906. The number of pyridine rings is 1. The average Bonchev–Trinajstić information content (AvgIpc) is 3.60. The van der Waals surface area contributed by atoms with E-state index in [2.05, 4.69) is 56.3 Å². The molecule has 2 aromatic heterocycles. The van der Waals surface area contributed by atoms with Crippen molar-refractivity contribution in [2.45, 2.75) is 45.4 Å². The maximum Gasteiger partial charge on any atom is 0.253 e. The third-order valence-electron chi connectivity index (χ3n) is 7.72. The Bertz CT molecular complexity index is 1500. The van der Waals surface area contributed by atoms with Crippen molar-refractivity contribution in [1.82, 2.24) is 30.1 Å². The predicted octanol–water partition coefficient (Wildman–Crippen LogP) is 3.88. The quantitative estimate of drug-likeness (QED) is 0.402. The number of ether oxygens (including phenoxy) is 1. The Labute approximate surface area is 226 Å². The normalized spacial score (nSPS) is 19.3. The maximum atomic E-state index is 13.5. The van der Waals surface area contributed by atoms with Crippen molar-refractivity contribution in [3.8, 4) is 0 Å². The summed E-state index contributed by atoms with van der Waals surface area (Å²) >= 11 is 6.32. The summed E-state index contributed by atoms with van der Waals surface area (Å²) in [5.74, 6) is 0.672. The summed E-state index contributed by atoms with van der Waals surface area (Å²) in [6.45, 7) is 8.59. The molecule has 9 nitrogen and oxygen atoms in total. The number of anilines is 1. The molecule has 4 aromatic rings. The first-order chi connectivity index (χ1) is 18.5.